The van der Waals surface area contributed by atoms with Gasteiger partial charge in [0.15, 0.2) is 11.5 Å². The van der Waals surface area contributed by atoms with E-state index in [1.807, 2.05) is 0 Å². The number of carboxylic acid groups (broad SMARTS) is 1. The number of rotatable bonds is 5. The largest absolute Gasteiger partial charge is 0.493 e. The maximum Gasteiger partial charge on any atom is 0.325 e. The van der Waals surface area contributed by atoms with E-state index in [0.29, 0.717) is 17.1 Å². The molecule has 1 aromatic carbocycles. The minimum absolute atomic E-state index is 0.267. The molecule has 2 rings (SSSR count). The van der Waals surface area contributed by atoms with Gasteiger partial charge < -0.3 is 20.3 Å². The molecule has 0 amide bonds. The van der Waals surface area contributed by atoms with E-state index in [1.54, 1.807) is 18.2 Å². The zero-order valence-electron chi connectivity index (χ0n) is 9.55. The molecule has 0 bridgehead atoms. The fourth-order valence-corrected chi connectivity index (χ4v) is 1.48. The number of hydrogen-bond donors (Lipinski definition) is 2. The predicted molar refractivity (Wildman–Crippen MR) is 61.2 cm³/mol. The molecule has 1 aliphatic carbocycles. The van der Waals surface area contributed by atoms with Gasteiger partial charge in [0.1, 0.15) is 6.04 Å². The van der Waals surface area contributed by atoms with E-state index in [0.717, 1.165) is 12.8 Å². The van der Waals surface area contributed by atoms with Crippen molar-refractivity contribution < 1.29 is 19.4 Å². The molecule has 0 heterocycles. The average Bonchev–Trinajstić information content (AvgIpc) is 3.12. The predicted octanol–water partition coefficient (Wildman–Crippen LogP) is 1.32. The van der Waals surface area contributed by atoms with Gasteiger partial charge in [0, 0.05) is 0 Å². The van der Waals surface area contributed by atoms with Crippen molar-refractivity contribution in [2.75, 3.05) is 7.11 Å². The van der Waals surface area contributed by atoms with Crippen molar-refractivity contribution in [1.82, 2.24) is 0 Å². The molecule has 3 N–H and O–H groups in total. The maximum atomic E-state index is 10.8. The SMILES string of the molecule is COc1cc(C(N)C(=O)O)ccc1OC1CC1. The first-order chi connectivity index (χ1) is 8.11. The summed E-state index contributed by atoms with van der Waals surface area (Å²) in [6.07, 6.45) is 2.38. The molecule has 1 unspecified atom stereocenters. The van der Waals surface area contributed by atoms with E-state index in [2.05, 4.69) is 0 Å². The first-order valence-corrected chi connectivity index (χ1v) is 5.45. The number of carbonyl (C=O) groups is 1. The number of methoxy groups -OCH3 is 1. The normalized spacial score (nSPS) is 16.4. The van der Waals surface area contributed by atoms with Crippen molar-refractivity contribution in [3.63, 3.8) is 0 Å². The van der Waals surface area contributed by atoms with Crippen molar-refractivity contribution >= 4 is 5.97 Å². The second-order valence-corrected chi connectivity index (χ2v) is 4.04. The van der Waals surface area contributed by atoms with Gasteiger partial charge in [0.05, 0.1) is 13.2 Å². The molecule has 1 atom stereocenters. The van der Waals surface area contributed by atoms with Crippen LogP contribution in [0.5, 0.6) is 11.5 Å². The van der Waals surface area contributed by atoms with Crippen molar-refractivity contribution in [2.24, 2.45) is 5.73 Å². The lowest BCUT2D eigenvalue weighted by atomic mass is 10.1. The smallest absolute Gasteiger partial charge is 0.325 e. The van der Waals surface area contributed by atoms with Crippen molar-refractivity contribution in [2.45, 2.75) is 25.0 Å². The van der Waals surface area contributed by atoms with Crippen molar-refractivity contribution in [3.05, 3.63) is 23.8 Å². The van der Waals surface area contributed by atoms with Crippen molar-refractivity contribution in [1.29, 1.82) is 0 Å². The zero-order chi connectivity index (χ0) is 12.4. The Bertz CT molecular complexity index is 429. The highest BCUT2D eigenvalue weighted by molar-refractivity contribution is 5.75. The van der Waals surface area contributed by atoms with E-state index >= 15 is 0 Å². The van der Waals surface area contributed by atoms with Crippen LogP contribution in [0.2, 0.25) is 0 Å². The Labute approximate surface area is 99.1 Å². The first-order valence-electron chi connectivity index (χ1n) is 5.45. The second-order valence-electron chi connectivity index (χ2n) is 4.04. The Hall–Kier alpha value is -1.75. The van der Waals surface area contributed by atoms with Crippen LogP contribution >= 0.6 is 0 Å². The van der Waals surface area contributed by atoms with Crippen LogP contribution in [0.1, 0.15) is 24.4 Å². The molecule has 5 heteroatoms. The molecule has 0 aliphatic heterocycles. The third kappa shape index (κ3) is 2.68. The highest BCUT2D eigenvalue weighted by Crippen LogP contribution is 2.34. The lowest BCUT2D eigenvalue weighted by Crippen LogP contribution is -2.20. The van der Waals surface area contributed by atoms with E-state index < -0.39 is 12.0 Å². The van der Waals surface area contributed by atoms with Gasteiger partial charge in [-0.1, -0.05) is 6.07 Å². The minimum atomic E-state index is -1.07. The Morgan fingerprint density at radius 2 is 2.18 bits per heavy atom. The van der Waals surface area contributed by atoms with E-state index in [9.17, 15) is 4.79 Å². The van der Waals surface area contributed by atoms with Crippen LogP contribution in [-0.4, -0.2) is 24.3 Å². The fraction of sp³-hybridized carbons (Fsp3) is 0.417. The number of benzene rings is 1. The van der Waals surface area contributed by atoms with Gasteiger partial charge in [0.25, 0.3) is 0 Å². The summed E-state index contributed by atoms with van der Waals surface area (Å²) in [6.45, 7) is 0. The summed E-state index contributed by atoms with van der Waals surface area (Å²) in [5.74, 6) is 0.0883. The van der Waals surface area contributed by atoms with Gasteiger partial charge >= 0.3 is 5.97 Å². The van der Waals surface area contributed by atoms with E-state index in [4.69, 9.17) is 20.3 Å². The molecule has 5 nitrogen and oxygen atoms in total. The molecular formula is C12H15NO4. The summed E-state index contributed by atoms with van der Waals surface area (Å²) in [5, 5.41) is 8.83. The van der Waals surface area contributed by atoms with Gasteiger partial charge in [-0.25, -0.2) is 0 Å². The molecule has 0 radical (unpaired) electrons. The number of hydrogen-bond acceptors (Lipinski definition) is 4. The lowest BCUT2D eigenvalue weighted by Gasteiger charge is -2.13. The van der Waals surface area contributed by atoms with Crippen molar-refractivity contribution in [3.8, 4) is 11.5 Å². The third-order valence-electron chi connectivity index (χ3n) is 2.63. The molecule has 0 spiro atoms. The molecule has 1 fully saturated rings. The summed E-state index contributed by atoms with van der Waals surface area (Å²) in [4.78, 5) is 10.8. The highest BCUT2D eigenvalue weighted by Gasteiger charge is 2.25. The topological polar surface area (TPSA) is 81.8 Å². The Kier molecular flexibility index (Phi) is 3.19. The number of aliphatic carboxylic acids is 1. The van der Waals surface area contributed by atoms with Crippen LogP contribution in [0.3, 0.4) is 0 Å². The minimum Gasteiger partial charge on any atom is -0.493 e. The summed E-state index contributed by atoms with van der Waals surface area (Å²) >= 11 is 0. The van der Waals surface area contributed by atoms with Crippen LogP contribution in [0.4, 0.5) is 0 Å². The summed E-state index contributed by atoms with van der Waals surface area (Å²) in [7, 11) is 1.52. The van der Waals surface area contributed by atoms with E-state index in [-0.39, 0.29) is 6.10 Å². The zero-order valence-corrected chi connectivity index (χ0v) is 9.55. The highest BCUT2D eigenvalue weighted by atomic mass is 16.5. The van der Waals surface area contributed by atoms with Crippen LogP contribution in [0.25, 0.3) is 0 Å². The summed E-state index contributed by atoms with van der Waals surface area (Å²) < 4.78 is 10.8. The summed E-state index contributed by atoms with van der Waals surface area (Å²) in [5.41, 5.74) is 6.03. The number of nitrogens with two attached hydrogens (primary N) is 1. The number of ether oxygens (including phenoxy) is 2. The molecule has 92 valence electrons. The van der Waals surface area contributed by atoms with Crippen LogP contribution < -0.4 is 15.2 Å². The van der Waals surface area contributed by atoms with Crippen LogP contribution in [0.15, 0.2) is 18.2 Å². The first kappa shape index (κ1) is 11.7. The van der Waals surface area contributed by atoms with Crippen LogP contribution in [-0.2, 0) is 4.79 Å². The monoisotopic (exact) mass is 237 g/mol. The molecular weight excluding hydrogens is 222 g/mol. The quantitative estimate of drug-likeness (QED) is 0.807. The van der Waals surface area contributed by atoms with E-state index in [1.165, 1.54) is 7.11 Å². The maximum absolute atomic E-state index is 10.8. The molecule has 17 heavy (non-hydrogen) atoms. The number of carboxylic acids is 1. The Morgan fingerprint density at radius 3 is 2.71 bits per heavy atom. The lowest BCUT2D eigenvalue weighted by molar-refractivity contribution is -0.138. The molecule has 1 aliphatic rings. The van der Waals surface area contributed by atoms with Gasteiger partial charge in [0.2, 0.25) is 0 Å². The van der Waals surface area contributed by atoms with Gasteiger partial charge in [-0.15, -0.1) is 0 Å². The average molecular weight is 237 g/mol. The summed E-state index contributed by atoms with van der Waals surface area (Å²) in [6, 6.07) is 3.92. The molecule has 1 aromatic rings. The molecule has 0 saturated heterocycles. The second kappa shape index (κ2) is 4.63. The third-order valence-corrected chi connectivity index (χ3v) is 2.63. The van der Waals surface area contributed by atoms with Gasteiger partial charge in [-0.2, -0.15) is 0 Å². The fourth-order valence-electron chi connectivity index (χ4n) is 1.48. The standard InChI is InChI=1S/C12H15NO4/c1-16-10-6-7(11(13)12(14)15)2-5-9(10)17-8-3-4-8/h2,5-6,8,11H,3-4,13H2,1H3,(H,14,15). The van der Waals surface area contributed by atoms with Crippen LogP contribution in [0, 0.1) is 0 Å². The van der Waals surface area contributed by atoms with Gasteiger partial charge in [-0.05, 0) is 30.5 Å². The van der Waals surface area contributed by atoms with Gasteiger partial charge in [-0.3, -0.25) is 4.79 Å². The Morgan fingerprint density at radius 1 is 1.47 bits per heavy atom. The molecule has 0 aromatic heterocycles. The Balaban J connectivity index is 2.22. The molecule has 1 saturated carbocycles.